The number of halogens is 1. The van der Waals surface area contributed by atoms with Crippen LogP contribution in [-0.4, -0.2) is 30.8 Å². The Morgan fingerprint density at radius 3 is 2.59 bits per heavy atom. The summed E-state index contributed by atoms with van der Waals surface area (Å²) in [7, 11) is 1.45. The average molecular weight is 302 g/mol. The Bertz CT molecular complexity index is 367. The summed E-state index contributed by atoms with van der Waals surface area (Å²) in [5.74, 6) is -0.240. The zero-order valence-corrected chi connectivity index (χ0v) is 11.4. The van der Waals surface area contributed by atoms with Gasteiger partial charge in [0.25, 0.3) is 0 Å². The van der Waals surface area contributed by atoms with E-state index in [2.05, 4.69) is 21.2 Å². The van der Waals surface area contributed by atoms with Crippen molar-refractivity contribution in [1.82, 2.24) is 5.32 Å². The summed E-state index contributed by atoms with van der Waals surface area (Å²) in [6, 6.07) is 6.96. The number of ether oxygens (including phenoxy) is 1. The summed E-state index contributed by atoms with van der Waals surface area (Å²) >= 11 is 3.32. The van der Waals surface area contributed by atoms with Crippen molar-refractivity contribution in [2.24, 2.45) is 0 Å². The molecule has 5 heteroatoms. The topological polar surface area (TPSA) is 58.6 Å². The van der Waals surface area contributed by atoms with Crippen LogP contribution < -0.4 is 5.32 Å². The van der Waals surface area contributed by atoms with Crippen LogP contribution in [0.3, 0.4) is 0 Å². The van der Waals surface area contributed by atoms with Crippen LogP contribution in [0.2, 0.25) is 0 Å². The highest BCUT2D eigenvalue weighted by Crippen LogP contribution is 2.19. The number of benzene rings is 1. The lowest BCUT2D eigenvalue weighted by Gasteiger charge is -2.20. The molecular weight excluding hydrogens is 286 g/mol. The van der Waals surface area contributed by atoms with Gasteiger partial charge in [0.05, 0.1) is 12.1 Å². The average Bonchev–Trinajstić information content (AvgIpc) is 2.29. The zero-order valence-electron chi connectivity index (χ0n) is 9.81. The van der Waals surface area contributed by atoms with Crippen LogP contribution in [0.15, 0.2) is 28.7 Å². The number of carbonyl (C=O) groups excluding carboxylic acids is 1. The number of aliphatic hydroxyl groups excluding tert-OH is 1. The SMILES string of the molecule is COCC(=O)NC(C)C(O)c1ccc(Br)cc1. The molecule has 94 valence electrons. The molecule has 1 aromatic rings. The molecule has 0 aromatic heterocycles. The van der Waals surface area contributed by atoms with Gasteiger partial charge in [0.1, 0.15) is 6.61 Å². The van der Waals surface area contributed by atoms with Crippen molar-refractivity contribution in [3.63, 3.8) is 0 Å². The Morgan fingerprint density at radius 2 is 2.06 bits per heavy atom. The number of carbonyl (C=O) groups is 1. The van der Waals surface area contributed by atoms with Crippen molar-refractivity contribution in [1.29, 1.82) is 0 Å². The first-order chi connectivity index (χ1) is 8.04. The molecule has 1 rings (SSSR count). The van der Waals surface area contributed by atoms with Gasteiger partial charge in [-0.1, -0.05) is 28.1 Å². The fourth-order valence-electron chi connectivity index (χ4n) is 1.45. The highest BCUT2D eigenvalue weighted by atomic mass is 79.9. The lowest BCUT2D eigenvalue weighted by atomic mass is 10.0. The Balaban J connectivity index is 2.60. The molecule has 0 aliphatic carbocycles. The highest BCUT2D eigenvalue weighted by molar-refractivity contribution is 9.10. The highest BCUT2D eigenvalue weighted by Gasteiger charge is 2.17. The third kappa shape index (κ3) is 4.46. The molecule has 0 aliphatic heterocycles. The van der Waals surface area contributed by atoms with E-state index in [0.29, 0.717) is 0 Å². The van der Waals surface area contributed by atoms with Crippen molar-refractivity contribution < 1.29 is 14.6 Å². The number of methoxy groups -OCH3 is 1. The summed E-state index contributed by atoms with van der Waals surface area (Å²) in [5.41, 5.74) is 0.762. The minimum atomic E-state index is -0.732. The van der Waals surface area contributed by atoms with Gasteiger partial charge in [0.2, 0.25) is 5.91 Å². The van der Waals surface area contributed by atoms with E-state index in [9.17, 15) is 9.90 Å². The van der Waals surface area contributed by atoms with E-state index in [4.69, 9.17) is 4.74 Å². The van der Waals surface area contributed by atoms with E-state index < -0.39 is 6.10 Å². The van der Waals surface area contributed by atoms with Crippen LogP contribution in [0, 0.1) is 0 Å². The Kier molecular flexibility index (Phi) is 5.61. The van der Waals surface area contributed by atoms with E-state index in [1.807, 2.05) is 24.3 Å². The third-order valence-electron chi connectivity index (χ3n) is 2.35. The second-order valence-corrected chi connectivity index (χ2v) is 4.70. The van der Waals surface area contributed by atoms with Gasteiger partial charge >= 0.3 is 0 Å². The molecule has 4 nitrogen and oxygen atoms in total. The number of amides is 1. The maximum absolute atomic E-state index is 11.3. The van der Waals surface area contributed by atoms with Gasteiger partial charge in [0.15, 0.2) is 0 Å². The molecular formula is C12H16BrNO3. The first-order valence-corrected chi connectivity index (χ1v) is 6.05. The summed E-state index contributed by atoms with van der Waals surface area (Å²) < 4.78 is 5.65. The van der Waals surface area contributed by atoms with Crippen LogP contribution in [0.5, 0.6) is 0 Å². The lowest BCUT2D eigenvalue weighted by Crippen LogP contribution is -2.38. The van der Waals surface area contributed by atoms with Crippen molar-refractivity contribution >= 4 is 21.8 Å². The van der Waals surface area contributed by atoms with Crippen LogP contribution in [0.4, 0.5) is 0 Å². The fraction of sp³-hybridized carbons (Fsp3) is 0.417. The van der Waals surface area contributed by atoms with Gasteiger partial charge in [-0.25, -0.2) is 0 Å². The van der Waals surface area contributed by atoms with E-state index >= 15 is 0 Å². The molecule has 2 atom stereocenters. The van der Waals surface area contributed by atoms with Crippen molar-refractivity contribution in [3.05, 3.63) is 34.3 Å². The molecule has 0 bridgehead atoms. The van der Waals surface area contributed by atoms with E-state index in [0.717, 1.165) is 10.0 Å². The second-order valence-electron chi connectivity index (χ2n) is 3.79. The largest absolute Gasteiger partial charge is 0.386 e. The van der Waals surface area contributed by atoms with Crippen LogP contribution >= 0.6 is 15.9 Å². The molecule has 1 aromatic carbocycles. The quantitative estimate of drug-likeness (QED) is 0.869. The molecule has 17 heavy (non-hydrogen) atoms. The molecule has 0 radical (unpaired) electrons. The Hall–Kier alpha value is -0.910. The number of hydrogen-bond acceptors (Lipinski definition) is 3. The first kappa shape index (κ1) is 14.2. The molecule has 0 heterocycles. The summed E-state index contributed by atoms with van der Waals surface area (Å²) in [5, 5.41) is 12.7. The number of aliphatic hydroxyl groups is 1. The van der Waals surface area contributed by atoms with Gasteiger partial charge in [-0.05, 0) is 24.6 Å². The molecule has 0 spiro atoms. The molecule has 1 amide bonds. The number of nitrogens with one attached hydrogen (secondary N) is 1. The third-order valence-corrected chi connectivity index (χ3v) is 2.88. The van der Waals surface area contributed by atoms with Gasteiger partial charge in [-0.3, -0.25) is 4.79 Å². The van der Waals surface area contributed by atoms with Crippen molar-refractivity contribution in [2.45, 2.75) is 19.1 Å². The van der Waals surface area contributed by atoms with Gasteiger partial charge in [-0.15, -0.1) is 0 Å². The fourth-order valence-corrected chi connectivity index (χ4v) is 1.72. The monoisotopic (exact) mass is 301 g/mol. The standard InChI is InChI=1S/C12H16BrNO3/c1-8(14-11(15)7-17-2)12(16)9-3-5-10(13)6-4-9/h3-6,8,12,16H,7H2,1-2H3,(H,14,15). The molecule has 0 fully saturated rings. The lowest BCUT2D eigenvalue weighted by molar-refractivity contribution is -0.126. The van der Waals surface area contributed by atoms with Gasteiger partial charge in [0, 0.05) is 11.6 Å². The number of rotatable bonds is 5. The van der Waals surface area contributed by atoms with E-state index in [1.54, 1.807) is 6.92 Å². The molecule has 2 N–H and O–H groups in total. The predicted molar refractivity (Wildman–Crippen MR) is 68.6 cm³/mol. The first-order valence-electron chi connectivity index (χ1n) is 5.26. The molecule has 0 saturated carbocycles. The Morgan fingerprint density at radius 1 is 1.47 bits per heavy atom. The Labute approximate surface area is 109 Å². The number of hydrogen-bond donors (Lipinski definition) is 2. The minimum absolute atomic E-state index is 0.00258. The maximum Gasteiger partial charge on any atom is 0.246 e. The van der Waals surface area contributed by atoms with Crippen LogP contribution in [0.1, 0.15) is 18.6 Å². The second kappa shape index (κ2) is 6.74. The molecule has 0 aliphatic rings. The zero-order chi connectivity index (χ0) is 12.8. The maximum atomic E-state index is 11.3. The molecule has 0 saturated heterocycles. The summed E-state index contributed by atoms with van der Waals surface area (Å²) in [4.78, 5) is 11.3. The van der Waals surface area contributed by atoms with Gasteiger partial charge in [-0.2, -0.15) is 0 Å². The van der Waals surface area contributed by atoms with Crippen molar-refractivity contribution in [3.8, 4) is 0 Å². The van der Waals surface area contributed by atoms with Crippen LogP contribution in [0.25, 0.3) is 0 Å². The van der Waals surface area contributed by atoms with Crippen molar-refractivity contribution in [2.75, 3.05) is 13.7 Å². The normalized spacial score (nSPS) is 14.1. The van der Waals surface area contributed by atoms with E-state index in [1.165, 1.54) is 7.11 Å². The summed E-state index contributed by atoms with van der Waals surface area (Å²) in [6.45, 7) is 1.75. The van der Waals surface area contributed by atoms with Gasteiger partial charge < -0.3 is 15.2 Å². The van der Waals surface area contributed by atoms with E-state index in [-0.39, 0.29) is 18.6 Å². The molecule has 2 unspecified atom stereocenters. The minimum Gasteiger partial charge on any atom is -0.386 e. The predicted octanol–water partition coefficient (Wildman–Crippen LogP) is 1.63. The van der Waals surface area contributed by atoms with Crippen LogP contribution in [-0.2, 0) is 9.53 Å². The smallest absolute Gasteiger partial charge is 0.246 e. The summed E-state index contributed by atoms with van der Waals surface area (Å²) in [6.07, 6.45) is -0.732.